The van der Waals surface area contributed by atoms with Crippen LogP contribution in [0.1, 0.15) is 32.6 Å². The van der Waals surface area contributed by atoms with E-state index in [1.165, 1.54) is 12.8 Å². The molecule has 1 radical (unpaired) electrons. The van der Waals surface area contributed by atoms with Crippen LogP contribution in [0.15, 0.2) is 0 Å². The number of ether oxygens (including phenoxy) is 2. The van der Waals surface area contributed by atoms with Gasteiger partial charge in [-0.25, -0.2) is 4.79 Å². The standard InChI is InChI=1S/C8H15O3/c1-3-4-5-6-7-11-8(9)10-2/h2-7H2,1H3. The third-order valence-electron chi connectivity index (χ3n) is 1.34. The van der Waals surface area contributed by atoms with Gasteiger partial charge < -0.3 is 9.47 Å². The van der Waals surface area contributed by atoms with Crippen LogP contribution in [0, 0.1) is 7.11 Å². The van der Waals surface area contributed by atoms with Crippen molar-refractivity contribution in [3.63, 3.8) is 0 Å². The van der Waals surface area contributed by atoms with Crippen molar-refractivity contribution in [1.29, 1.82) is 0 Å². The zero-order chi connectivity index (χ0) is 8.53. The molecular weight excluding hydrogens is 144 g/mol. The maximum Gasteiger partial charge on any atom is 0.508 e. The van der Waals surface area contributed by atoms with Crippen molar-refractivity contribution < 1.29 is 14.3 Å². The van der Waals surface area contributed by atoms with Gasteiger partial charge in [0.15, 0.2) is 0 Å². The Hall–Kier alpha value is -0.730. The van der Waals surface area contributed by atoms with Crippen LogP contribution in [0.25, 0.3) is 0 Å². The molecule has 0 aromatic rings. The third-order valence-corrected chi connectivity index (χ3v) is 1.34. The lowest BCUT2D eigenvalue weighted by Gasteiger charge is -2.01. The van der Waals surface area contributed by atoms with Crippen LogP contribution in [0.2, 0.25) is 0 Å². The molecule has 0 fully saturated rings. The summed E-state index contributed by atoms with van der Waals surface area (Å²) in [5.74, 6) is 0. The highest BCUT2D eigenvalue weighted by Crippen LogP contribution is 1.99. The molecule has 0 N–H and O–H groups in total. The van der Waals surface area contributed by atoms with Gasteiger partial charge in [0.05, 0.1) is 6.61 Å². The molecule has 11 heavy (non-hydrogen) atoms. The normalized spacial score (nSPS) is 9.27. The molecule has 0 rings (SSSR count). The van der Waals surface area contributed by atoms with Crippen LogP contribution in [0.3, 0.4) is 0 Å². The molecule has 0 heterocycles. The van der Waals surface area contributed by atoms with E-state index in [1.807, 2.05) is 0 Å². The lowest BCUT2D eigenvalue weighted by atomic mass is 10.2. The van der Waals surface area contributed by atoms with Gasteiger partial charge in [-0.1, -0.05) is 26.2 Å². The molecule has 0 bridgehead atoms. The minimum atomic E-state index is -0.693. The molecule has 65 valence electrons. The van der Waals surface area contributed by atoms with E-state index in [0.717, 1.165) is 12.8 Å². The van der Waals surface area contributed by atoms with Gasteiger partial charge in [0.2, 0.25) is 0 Å². The van der Waals surface area contributed by atoms with Crippen LogP contribution in [0.5, 0.6) is 0 Å². The van der Waals surface area contributed by atoms with Gasteiger partial charge in [-0.2, -0.15) is 0 Å². The monoisotopic (exact) mass is 159 g/mol. The zero-order valence-corrected chi connectivity index (χ0v) is 6.97. The summed E-state index contributed by atoms with van der Waals surface area (Å²) in [7, 11) is 2.93. The predicted molar refractivity (Wildman–Crippen MR) is 41.9 cm³/mol. The van der Waals surface area contributed by atoms with Crippen LogP contribution < -0.4 is 0 Å². The number of hydrogen-bond acceptors (Lipinski definition) is 3. The van der Waals surface area contributed by atoms with E-state index in [1.54, 1.807) is 0 Å². The molecular formula is C8H15O3. The van der Waals surface area contributed by atoms with Gasteiger partial charge >= 0.3 is 6.16 Å². The van der Waals surface area contributed by atoms with Crippen molar-refractivity contribution in [2.45, 2.75) is 32.6 Å². The van der Waals surface area contributed by atoms with Gasteiger partial charge in [-0.3, -0.25) is 0 Å². The first-order chi connectivity index (χ1) is 5.31. The van der Waals surface area contributed by atoms with Crippen LogP contribution in [-0.4, -0.2) is 12.8 Å². The Labute approximate surface area is 67.7 Å². The van der Waals surface area contributed by atoms with Crippen molar-refractivity contribution in [3.05, 3.63) is 7.11 Å². The lowest BCUT2D eigenvalue weighted by Crippen LogP contribution is -2.04. The molecule has 0 saturated carbocycles. The molecule has 0 aliphatic carbocycles. The average molecular weight is 159 g/mol. The quantitative estimate of drug-likeness (QED) is 0.456. The Kier molecular flexibility index (Phi) is 6.89. The summed E-state index contributed by atoms with van der Waals surface area (Å²) >= 11 is 0. The summed E-state index contributed by atoms with van der Waals surface area (Å²) in [5, 5.41) is 0. The molecule has 0 spiro atoms. The fourth-order valence-corrected chi connectivity index (χ4v) is 0.726. The molecule has 0 aromatic heterocycles. The zero-order valence-electron chi connectivity index (χ0n) is 6.97. The molecule has 0 aliphatic heterocycles. The largest absolute Gasteiger partial charge is 0.508 e. The summed E-state index contributed by atoms with van der Waals surface area (Å²) in [6.45, 7) is 2.57. The highest BCUT2D eigenvalue weighted by molar-refractivity contribution is 5.59. The number of carbonyl (C=O) groups excluding carboxylic acids is 1. The fraction of sp³-hybridized carbons (Fsp3) is 0.750. The number of unbranched alkanes of at least 4 members (excludes halogenated alkanes) is 3. The van der Waals surface area contributed by atoms with Gasteiger partial charge in [-0.15, -0.1) is 0 Å². The SMILES string of the molecule is [CH2]OC(=O)OCCCCCC. The average Bonchev–Trinajstić information content (AvgIpc) is 2.04. The Morgan fingerprint density at radius 2 is 2.09 bits per heavy atom. The van der Waals surface area contributed by atoms with Crippen molar-refractivity contribution in [3.8, 4) is 0 Å². The summed E-state index contributed by atoms with van der Waals surface area (Å²) in [5.41, 5.74) is 0. The highest BCUT2D eigenvalue weighted by atomic mass is 16.7. The van der Waals surface area contributed by atoms with Crippen molar-refractivity contribution in [2.75, 3.05) is 6.61 Å². The van der Waals surface area contributed by atoms with Crippen LogP contribution >= 0.6 is 0 Å². The highest BCUT2D eigenvalue weighted by Gasteiger charge is 1.97. The fourth-order valence-electron chi connectivity index (χ4n) is 0.726. The Balaban J connectivity index is 2.95. The maximum atomic E-state index is 10.3. The van der Waals surface area contributed by atoms with E-state index < -0.39 is 6.16 Å². The van der Waals surface area contributed by atoms with E-state index in [2.05, 4.69) is 23.5 Å². The molecule has 0 amide bonds. The van der Waals surface area contributed by atoms with Gasteiger partial charge in [0.25, 0.3) is 0 Å². The molecule has 0 saturated heterocycles. The van der Waals surface area contributed by atoms with Gasteiger partial charge in [0, 0.05) is 0 Å². The number of carbonyl (C=O) groups is 1. The van der Waals surface area contributed by atoms with E-state index in [9.17, 15) is 4.79 Å². The van der Waals surface area contributed by atoms with E-state index in [4.69, 9.17) is 0 Å². The Morgan fingerprint density at radius 3 is 2.64 bits per heavy atom. The van der Waals surface area contributed by atoms with Crippen LogP contribution in [0.4, 0.5) is 4.79 Å². The minimum absolute atomic E-state index is 0.439. The topological polar surface area (TPSA) is 35.5 Å². The Morgan fingerprint density at radius 1 is 1.36 bits per heavy atom. The summed E-state index contributed by atoms with van der Waals surface area (Å²) in [6, 6.07) is 0. The van der Waals surface area contributed by atoms with Gasteiger partial charge in [0.1, 0.15) is 7.11 Å². The van der Waals surface area contributed by atoms with E-state index in [0.29, 0.717) is 6.61 Å². The number of hydrogen-bond donors (Lipinski definition) is 0. The second kappa shape index (κ2) is 7.38. The molecule has 0 atom stereocenters. The third kappa shape index (κ3) is 7.16. The molecule has 0 unspecified atom stereocenters. The first-order valence-corrected chi connectivity index (χ1v) is 3.90. The lowest BCUT2D eigenvalue weighted by molar-refractivity contribution is 0.0814. The van der Waals surface area contributed by atoms with Crippen molar-refractivity contribution in [2.24, 2.45) is 0 Å². The minimum Gasteiger partial charge on any atom is -0.434 e. The molecule has 3 heteroatoms. The second-order valence-corrected chi connectivity index (χ2v) is 2.30. The molecule has 3 nitrogen and oxygen atoms in total. The van der Waals surface area contributed by atoms with E-state index >= 15 is 0 Å². The smallest absolute Gasteiger partial charge is 0.434 e. The summed E-state index contributed by atoms with van der Waals surface area (Å²) in [6.07, 6.45) is 3.67. The molecule has 0 aliphatic rings. The number of rotatable bonds is 5. The first kappa shape index (κ1) is 10.3. The van der Waals surface area contributed by atoms with Crippen molar-refractivity contribution in [1.82, 2.24) is 0 Å². The van der Waals surface area contributed by atoms with Gasteiger partial charge in [-0.05, 0) is 6.42 Å². The second-order valence-electron chi connectivity index (χ2n) is 2.30. The maximum absolute atomic E-state index is 10.3. The summed E-state index contributed by atoms with van der Waals surface area (Å²) in [4.78, 5) is 10.3. The predicted octanol–water partition coefficient (Wildman–Crippen LogP) is 2.51. The van der Waals surface area contributed by atoms with E-state index in [-0.39, 0.29) is 0 Å². The van der Waals surface area contributed by atoms with Crippen molar-refractivity contribution >= 4 is 6.16 Å². The Bertz CT molecular complexity index is 102. The summed E-state index contributed by atoms with van der Waals surface area (Å²) < 4.78 is 8.66. The molecule has 0 aromatic carbocycles. The first-order valence-electron chi connectivity index (χ1n) is 3.90. The van der Waals surface area contributed by atoms with Crippen LogP contribution in [-0.2, 0) is 9.47 Å².